The lowest BCUT2D eigenvalue weighted by Crippen LogP contribution is -2.21. The van der Waals surface area contributed by atoms with Crippen LogP contribution in [-0.4, -0.2) is 35.8 Å². The minimum atomic E-state index is -0.352. The van der Waals surface area contributed by atoms with Crippen LogP contribution in [0.3, 0.4) is 0 Å². The zero-order chi connectivity index (χ0) is 16.5. The Morgan fingerprint density at radius 2 is 2.00 bits per heavy atom. The highest BCUT2D eigenvalue weighted by atomic mass is 16.5. The SMILES string of the molecule is CCOC(=O)c1c(C)c[nH]c1CCC(=O)CCCNC(C)=O. The number of carbonyl (C=O) groups is 3. The molecule has 1 aromatic heterocycles. The summed E-state index contributed by atoms with van der Waals surface area (Å²) in [6.45, 7) is 5.88. The van der Waals surface area contributed by atoms with Crippen LogP contribution < -0.4 is 5.32 Å². The molecule has 0 saturated carbocycles. The van der Waals surface area contributed by atoms with Crippen LogP contribution in [0.4, 0.5) is 0 Å². The Kier molecular flexibility index (Phi) is 7.36. The molecule has 0 aliphatic rings. The molecule has 0 aliphatic heterocycles. The van der Waals surface area contributed by atoms with E-state index in [4.69, 9.17) is 4.74 Å². The summed E-state index contributed by atoms with van der Waals surface area (Å²) in [5.74, 6) is -0.324. The van der Waals surface area contributed by atoms with Crippen LogP contribution in [0.15, 0.2) is 6.20 Å². The maximum absolute atomic E-state index is 11.9. The van der Waals surface area contributed by atoms with Gasteiger partial charge in [0.15, 0.2) is 0 Å². The van der Waals surface area contributed by atoms with Gasteiger partial charge in [-0.2, -0.15) is 0 Å². The third-order valence-electron chi connectivity index (χ3n) is 3.30. The molecule has 1 aromatic rings. The number of ether oxygens (including phenoxy) is 1. The van der Waals surface area contributed by atoms with E-state index in [-0.39, 0.29) is 17.7 Å². The Balaban J connectivity index is 2.46. The first-order valence-corrected chi connectivity index (χ1v) is 7.55. The van der Waals surface area contributed by atoms with Crippen LogP contribution in [0.5, 0.6) is 0 Å². The summed E-state index contributed by atoms with van der Waals surface area (Å²) in [6.07, 6.45) is 3.66. The van der Waals surface area contributed by atoms with Crippen molar-refractivity contribution in [2.24, 2.45) is 0 Å². The fourth-order valence-corrected chi connectivity index (χ4v) is 2.20. The van der Waals surface area contributed by atoms with Crippen molar-refractivity contribution in [2.45, 2.75) is 46.5 Å². The smallest absolute Gasteiger partial charge is 0.340 e. The number of aromatic amines is 1. The number of hydrogen-bond donors (Lipinski definition) is 2. The van der Waals surface area contributed by atoms with E-state index in [0.717, 1.165) is 11.3 Å². The van der Waals surface area contributed by atoms with Crippen LogP contribution in [0, 0.1) is 6.92 Å². The molecule has 0 bridgehead atoms. The lowest BCUT2D eigenvalue weighted by atomic mass is 10.0. The number of Topliss-reactive ketones (excluding diaryl/α,β-unsaturated/α-hetero) is 1. The van der Waals surface area contributed by atoms with E-state index in [1.54, 1.807) is 13.1 Å². The number of aromatic nitrogens is 1. The second-order valence-electron chi connectivity index (χ2n) is 5.17. The fraction of sp³-hybridized carbons (Fsp3) is 0.562. The quantitative estimate of drug-likeness (QED) is 0.539. The predicted molar refractivity (Wildman–Crippen MR) is 82.7 cm³/mol. The third-order valence-corrected chi connectivity index (χ3v) is 3.30. The normalized spacial score (nSPS) is 10.3. The molecule has 0 fully saturated rings. The highest BCUT2D eigenvalue weighted by molar-refractivity contribution is 5.92. The third kappa shape index (κ3) is 5.71. The molecule has 6 heteroatoms. The Labute approximate surface area is 130 Å². The Morgan fingerprint density at radius 3 is 2.64 bits per heavy atom. The molecule has 0 spiro atoms. The largest absolute Gasteiger partial charge is 0.462 e. The van der Waals surface area contributed by atoms with Crippen molar-refractivity contribution in [1.29, 1.82) is 0 Å². The number of rotatable bonds is 9. The minimum absolute atomic E-state index is 0.0895. The Bertz CT molecular complexity index is 534. The number of H-pyrrole nitrogens is 1. The van der Waals surface area contributed by atoms with Gasteiger partial charge in [0.2, 0.25) is 5.91 Å². The molecule has 0 unspecified atom stereocenters. The van der Waals surface area contributed by atoms with E-state index in [1.807, 2.05) is 6.92 Å². The molecule has 1 heterocycles. The number of esters is 1. The number of amides is 1. The van der Waals surface area contributed by atoms with Gasteiger partial charge >= 0.3 is 5.97 Å². The molecule has 0 atom stereocenters. The lowest BCUT2D eigenvalue weighted by molar-refractivity contribution is -0.120. The monoisotopic (exact) mass is 308 g/mol. The zero-order valence-electron chi connectivity index (χ0n) is 13.5. The van der Waals surface area contributed by atoms with Crippen molar-refractivity contribution in [1.82, 2.24) is 10.3 Å². The van der Waals surface area contributed by atoms with E-state index < -0.39 is 0 Å². The van der Waals surface area contributed by atoms with Gasteiger partial charge in [0.05, 0.1) is 12.2 Å². The topological polar surface area (TPSA) is 88.3 Å². The van der Waals surface area contributed by atoms with Gasteiger partial charge in [-0.3, -0.25) is 9.59 Å². The summed E-state index contributed by atoms with van der Waals surface area (Å²) >= 11 is 0. The number of carbonyl (C=O) groups excluding carboxylic acids is 3. The van der Waals surface area contributed by atoms with Crippen LogP contribution in [-0.2, 0) is 20.7 Å². The van der Waals surface area contributed by atoms with Crippen LogP contribution in [0.25, 0.3) is 0 Å². The minimum Gasteiger partial charge on any atom is -0.462 e. The number of ketones is 1. The van der Waals surface area contributed by atoms with Gasteiger partial charge in [0, 0.05) is 38.2 Å². The van der Waals surface area contributed by atoms with Gasteiger partial charge in [-0.25, -0.2) is 4.79 Å². The maximum atomic E-state index is 11.9. The summed E-state index contributed by atoms with van der Waals surface area (Å²) in [4.78, 5) is 37.5. The summed E-state index contributed by atoms with van der Waals surface area (Å²) in [5, 5.41) is 2.66. The lowest BCUT2D eigenvalue weighted by Gasteiger charge is -2.06. The second kappa shape index (κ2) is 9.02. The highest BCUT2D eigenvalue weighted by Crippen LogP contribution is 2.17. The van der Waals surface area contributed by atoms with E-state index in [2.05, 4.69) is 10.3 Å². The number of aryl methyl sites for hydroxylation is 2. The molecule has 1 amide bonds. The first-order chi connectivity index (χ1) is 10.5. The molecule has 0 aliphatic carbocycles. The molecule has 6 nitrogen and oxygen atoms in total. The number of nitrogens with one attached hydrogen (secondary N) is 2. The molecular weight excluding hydrogens is 284 g/mol. The summed E-state index contributed by atoms with van der Waals surface area (Å²) in [7, 11) is 0. The van der Waals surface area contributed by atoms with Gasteiger partial charge in [0.25, 0.3) is 0 Å². The molecule has 22 heavy (non-hydrogen) atoms. The van der Waals surface area contributed by atoms with Crippen LogP contribution >= 0.6 is 0 Å². The second-order valence-corrected chi connectivity index (χ2v) is 5.17. The highest BCUT2D eigenvalue weighted by Gasteiger charge is 2.17. The molecule has 122 valence electrons. The average Bonchev–Trinajstić information content (AvgIpc) is 2.82. The van der Waals surface area contributed by atoms with Crippen LogP contribution in [0.1, 0.15) is 54.7 Å². The van der Waals surface area contributed by atoms with Gasteiger partial charge in [0.1, 0.15) is 5.78 Å². The van der Waals surface area contributed by atoms with E-state index in [0.29, 0.717) is 44.4 Å². The van der Waals surface area contributed by atoms with E-state index in [9.17, 15) is 14.4 Å². The fourth-order valence-electron chi connectivity index (χ4n) is 2.20. The summed E-state index contributed by atoms with van der Waals surface area (Å²) < 4.78 is 5.03. The summed E-state index contributed by atoms with van der Waals surface area (Å²) in [6, 6.07) is 0. The summed E-state index contributed by atoms with van der Waals surface area (Å²) in [5.41, 5.74) is 2.10. The Morgan fingerprint density at radius 1 is 1.27 bits per heavy atom. The molecule has 0 aromatic carbocycles. The molecule has 1 rings (SSSR count). The standard InChI is InChI=1S/C16H24N2O4/c1-4-22-16(21)15-11(2)10-18-14(15)8-7-13(20)6-5-9-17-12(3)19/h10,18H,4-9H2,1-3H3,(H,17,19). The zero-order valence-corrected chi connectivity index (χ0v) is 13.5. The number of hydrogen-bond acceptors (Lipinski definition) is 4. The molecule has 0 radical (unpaired) electrons. The predicted octanol–water partition coefficient (Wildman–Crippen LogP) is 1.92. The van der Waals surface area contributed by atoms with Gasteiger partial charge in [-0.15, -0.1) is 0 Å². The van der Waals surface area contributed by atoms with Crippen molar-refractivity contribution in [3.05, 3.63) is 23.0 Å². The molecular formula is C16H24N2O4. The van der Waals surface area contributed by atoms with Crippen molar-refractivity contribution in [2.75, 3.05) is 13.2 Å². The van der Waals surface area contributed by atoms with Crippen LogP contribution in [0.2, 0.25) is 0 Å². The van der Waals surface area contributed by atoms with Gasteiger partial charge in [-0.05, 0) is 32.3 Å². The average molecular weight is 308 g/mol. The molecule has 2 N–H and O–H groups in total. The van der Waals surface area contributed by atoms with Crippen molar-refractivity contribution in [3.63, 3.8) is 0 Å². The first kappa shape index (κ1) is 17.9. The maximum Gasteiger partial charge on any atom is 0.340 e. The van der Waals surface area contributed by atoms with Gasteiger partial charge in [-0.1, -0.05) is 0 Å². The molecule has 0 saturated heterocycles. The Hall–Kier alpha value is -2.11. The van der Waals surface area contributed by atoms with Crippen molar-refractivity contribution < 1.29 is 19.1 Å². The van der Waals surface area contributed by atoms with Crippen molar-refractivity contribution in [3.8, 4) is 0 Å². The first-order valence-electron chi connectivity index (χ1n) is 7.55. The van der Waals surface area contributed by atoms with Gasteiger partial charge < -0.3 is 15.0 Å². The van der Waals surface area contributed by atoms with E-state index >= 15 is 0 Å². The van der Waals surface area contributed by atoms with Crippen molar-refractivity contribution >= 4 is 17.7 Å². The van der Waals surface area contributed by atoms with E-state index in [1.165, 1.54) is 6.92 Å².